The maximum atomic E-state index is 12.7. The van der Waals surface area contributed by atoms with E-state index >= 15 is 0 Å². The van der Waals surface area contributed by atoms with Crippen LogP contribution in [0.25, 0.3) is 0 Å². The lowest BCUT2D eigenvalue weighted by Crippen LogP contribution is -2.37. The summed E-state index contributed by atoms with van der Waals surface area (Å²) in [6.07, 6.45) is 49.2. The van der Waals surface area contributed by atoms with Gasteiger partial charge in [0.15, 0.2) is 6.10 Å². The number of allylic oxidation sites excluding steroid dienone is 6. The standard InChI is InChI=1S/C50H94NO8P/c1-6-8-10-12-14-16-18-20-22-24-25-27-28-30-32-34-36-38-40-42-49(52)56-46-48(47-58-60(54,55)57-45-44-51(3,4)5)59-50(53)43-41-39-37-35-33-31-29-26-23-21-19-17-15-13-11-9-7-2/h21,23,29,31,35,37,48H,6-20,22,24-28,30,32-34,36,38-47H2,1-5H3/p+1/b23-21+,31-29+,37-35+/t48-/m1/s1. The Kier molecular flexibility index (Phi) is 41.3. The number of phosphoric ester groups is 1. The van der Waals surface area contributed by atoms with E-state index in [9.17, 15) is 19.0 Å². The number of carbonyl (C=O) groups excluding carboxylic acids is 2. The number of quaternary nitrogens is 1. The van der Waals surface area contributed by atoms with Crippen LogP contribution >= 0.6 is 7.82 Å². The van der Waals surface area contributed by atoms with Crippen molar-refractivity contribution in [1.82, 2.24) is 0 Å². The zero-order chi connectivity index (χ0) is 44.3. The van der Waals surface area contributed by atoms with Crippen LogP contribution in [0.4, 0.5) is 0 Å². The first-order valence-electron chi connectivity index (χ1n) is 24.7. The number of ether oxygens (including phenoxy) is 2. The number of nitrogens with zero attached hydrogens (tertiary/aromatic N) is 1. The molecule has 0 amide bonds. The van der Waals surface area contributed by atoms with Crippen LogP contribution < -0.4 is 0 Å². The molecule has 0 heterocycles. The molecule has 0 fully saturated rings. The van der Waals surface area contributed by atoms with E-state index in [1.165, 1.54) is 141 Å². The third kappa shape index (κ3) is 45.7. The summed E-state index contributed by atoms with van der Waals surface area (Å²) in [5, 5.41) is 0. The molecule has 0 aliphatic rings. The molecule has 0 aliphatic heterocycles. The highest BCUT2D eigenvalue weighted by molar-refractivity contribution is 7.47. The number of carbonyl (C=O) groups is 2. The van der Waals surface area contributed by atoms with E-state index in [4.69, 9.17) is 18.5 Å². The summed E-state index contributed by atoms with van der Waals surface area (Å²) in [6, 6.07) is 0. The van der Waals surface area contributed by atoms with E-state index in [0.29, 0.717) is 17.4 Å². The van der Waals surface area contributed by atoms with Gasteiger partial charge < -0.3 is 18.9 Å². The predicted molar refractivity (Wildman–Crippen MR) is 252 cm³/mol. The Morgan fingerprint density at radius 2 is 0.917 bits per heavy atom. The molecule has 0 radical (unpaired) electrons. The molecule has 0 aromatic heterocycles. The first kappa shape index (κ1) is 58.2. The number of esters is 2. The molecule has 0 aromatic rings. The van der Waals surface area contributed by atoms with Gasteiger partial charge in [0.2, 0.25) is 0 Å². The fourth-order valence-electron chi connectivity index (χ4n) is 6.80. The third-order valence-corrected chi connectivity index (χ3v) is 11.7. The average molecular weight is 869 g/mol. The van der Waals surface area contributed by atoms with Crippen LogP contribution in [0.3, 0.4) is 0 Å². The zero-order valence-electron chi connectivity index (χ0n) is 39.7. The van der Waals surface area contributed by atoms with E-state index in [1.54, 1.807) is 0 Å². The lowest BCUT2D eigenvalue weighted by molar-refractivity contribution is -0.870. The second kappa shape index (κ2) is 42.5. The van der Waals surface area contributed by atoms with E-state index in [0.717, 1.165) is 44.9 Å². The number of hydrogen-bond acceptors (Lipinski definition) is 7. The van der Waals surface area contributed by atoms with Crippen LogP contribution in [0.15, 0.2) is 36.5 Å². The topological polar surface area (TPSA) is 108 Å². The van der Waals surface area contributed by atoms with Gasteiger partial charge in [-0.3, -0.25) is 18.6 Å². The van der Waals surface area contributed by atoms with Gasteiger partial charge in [-0.15, -0.1) is 0 Å². The molecule has 10 heteroatoms. The number of unbranched alkanes of at least 4 members (excludes halogenated alkanes) is 25. The Morgan fingerprint density at radius 1 is 0.517 bits per heavy atom. The SMILES string of the molecule is CCCCCCCC/C=C/C/C=C/C/C=C/CCCC(=O)O[C@H](COC(=O)CCCCCCCCCCCCCCCCCCCCC)COP(=O)(O)OCC[N+](C)(C)C. The third-order valence-electron chi connectivity index (χ3n) is 10.7. The fourth-order valence-corrected chi connectivity index (χ4v) is 7.54. The van der Waals surface area contributed by atoms with E-state index in [-0.39, 0.29) is 32.0 Å². The molecule has 0 spiro atoms. The number of hydrogen-bond donors (Lipinski definition) is 1. The number of rotatable bonds is 45. The molecular weight excluding hydrogens is 774 g/mol. The van der Waals surface area contributed by atoms with Crippen LogP contribution in [0.5, 0.6) is 0 Å². The Balaban J connectivity index is 4.33. The average Bonchev–Trinajstić information content (AvgIpc) is 3.20. The van der Waals surface area contributed by atoms with Crippen LogP contribution in [0, 0.1) is 0 Å². The second-order valence-electron chi connectivity index (χ2n) is 17.9. The molecule has 0 aromatic carbocycles. The molecule has 1 unspecified atom stereocenters. The summed E-state index contributed by atoms with van der Waals surface area (Å²) in [4.78, 5) is 35.5. The van der Waals surface area contributed by atoms with Crippen molar-refractivity contribution >= 4 is 19.8 Å². The molecule has 0 bridgehead atoms. The smallest absolute Gasteiger partial charge is 0.462 e. The van der Waals surface area contributed by atoms with Crippen molar-refractivity contribution in [2.45, 2.75) is 225 Å². The summed E-state index contributed by atoms with van der Waals surface area (Å²) in [6.45, 7) is 4.39. The fraction of sp³-hybridized carbons (Fsp3) is 0.840. The van der Waals surface area contributed by atoms with Crippen molar-refractivity contribution in [1.29, 1.82) is 0 Å². The van der Waals surface area contributed by atoms with Crippen LogP contribution in [-0.2, 0) is 32.7 Å². The first-order chi connectivity index (χ1) is 29.0. The highest BCUT2D eigenvalue weighted by Crippen LogP contribution is 2.43. The van der Waals surface area contributed by atoms with E-state index in [1.807, 2.05) is 21.1 Å². The highest BCUT2D eigenvalue weighted by atomic mass is 31.2. The van der Waals surface area contributed by atoms with Gasteiger partial charge in [-0.1, -0.05) is 198 Å². The lowest BCUT2D eigenvalue weighted by atomic mass is 10.0. The van der Waals surface area contributed by atoms with Crippen LogP contribution in [-0.4, -0.2) is 74.9 Å². The second-order valence-corrected chi connectivity index (χ2v) is 19.3. The summed E-state index contributed by atoms with van der Waals surface area (Å²) < 4.78 is 34.3. The lowest BCUT2D eigenvalue weighted by Gasteiger charge is -2.24. The number of likely N-dealkylation sites (N-methyl/N-ethyl adjacent to an activating group) is 1. The van der Waals surface area contributed by atoms with Gasteiger partial charge in [0, 0.05) is 12.8 Å². The van der Waals surface area contributed by atoms with Crippen LogP contribution in [0.1, 0.15) is 219 Å². The summed E-state index contributed by atoms with van der Waals surface area (Å²) in [5.74, 6) is -0.851. The predicted octanol–water partition coefficient (Wildman–Crippen LogP) is 14.5. The summed E-state index contributed by atoms with van der Waals surface area (Å²) in [5.41, 5.74) is 0. The number of phosphoric acid groups is 1. The van der Waals surface area contributed by atoms with Gasteiger partial charge >= 0.3 is 19.8 Å². The maximum Gasteiger partial charge on any atom is 0.472 e. The monoisotopic (exact) mass is 869 g/mol. The van der Waals surface area contributed by atoms with Crippen molar-refractivity contribution < 1.29 is 42.1 Å². The Bertz CT molecular complexity index is 1120. The molecule has 352 valence electrons. The summed E-state index contributed by atoms with van der Waals surface area (Å²) in [7, 11) is 1.45. The molecule has 0 rings (SSSR count). The van der Waals surface area contributed by atoms with Gasteiger partial charge in [0.25, 0.3) is 0 Å². The zero-order valence-corrected chi connectivity index (χ0v) is 40.6. The summed E-state index contributed by atoms with van der Waals surface area (Å²) >= 11 is 0. The minimum absolute atomic E-state index is 0.0236. The first-order valence-corrected chi connectivity index (χ1v) is 26.2. The Hall–Kier alpha value is -1.77. The molecule has 60 heavy (non-hydrogen) atoms. The van der Waals surface area contributed by atoms with E-state index < -0.39 is 26.5 Å². The Labute approximate surface area is 370 Å². The van der Waals surface area contributed by atoms with Gasteiger partial charge in [-0.2, -0.15) is 0 Å². The van der Waals surface area contributed by atoms with Gasteiger partial charge in [-0.05, 0) is 44.9 Å². The molecule has 1 N–H and O–H groups in total. The normalized spacial score (nSPS) is 13.8. The van der Waals surface area contributed by atoms with Gasteiger partial charge in [0.1, 0.15) is 19.8 Å². The van der Waals surface area contributed by atoms with Crippen molar-refractivity contribution in [3.8, 4) is 0 Å². The van der Waals surface area contributed by atoms with Gasteiger partial charge in [-0.25, -0.2) is 4.57 Å². The largest absolute Gasteiger partial charge is 0.472 e. The molecule has 9 nitrogen and oxygen atoms in total. The molecule has 2 atom stereocenters. The highest BCUT2D eigenvalue weighted by Gasteiger charge is 2.27. The van der Waals surface area contributed by atoms with Gasteiger partial charge in [0.05, 0.1) is 27.7 Å². The molecule has 0 saturated heterocycles. The van der Waals surface area contributed by atoms with Crippen molar-refractivity contribution in [2.24, 2.45) is 0 Å². The van der Waals surface area contributed by atoms with Crippen molar-refractivity contribution in [2.75, 3.05) is 47.5 Å². The molecule has 0 aliphatic carbocycles. The van der Waals surface area contributed by atoms with Crippen molar-refractivity contribution in [3.63, 3.8) is 0 Å². The molecule has 0 saturated carbocycles. The quantitative estimate of drug-likeness (QED) is 0.0212. The minimum atomic E-state index is -4.39. The Morgan fingerprint density at radius 3 is 1.38 bits per heavy atom. The van der Waals surface area contributed by atoms with E-state index in [2.05, 4.69) is 50.3 Å². The maximum absolute atomic E-state index is 12.7. The molecular formula is C50H95NO8P+. The van der Waals surface area contributed by atoms with Crippen molar-refractivity contribution in [3.05, 3.63) is 36.5 Å². The van der Waals surface area contributed by atoms with Crippen LogP contribution in [0.2, 0.25) is 0 Å². The minimum Gasteiger partial charge on any atom is -0.462 e.